The van der Waals surface area contributed by atoms with Gasteiger partial charge in [0.25, 0.3) is 5.91 Å². The molecule has 32 heavy (non-hydrogen) atoms. The number of aromatic nitrogens is 1. The number of carbonyl (C=O) groups is 2. The Kier molecular flexibility index (Phi) is 5.82. The number of halogens is 1. The molecule has 1 saturated heterocycles. The summed E-state index contributed by atoms with van der Waals surface area (Å²) in [6.07, 6.45) is 0.509. The van der Waals surface area contributed by atoms with Gasteiger partial charge in [0, 0.05) is 18.2 Å². The summed E-state index contributed by atoms with van der Waals surface area (Å²) in [5, 5.41) is 7.02. The van der Waals surface area contributed by atoms with Crippen molar-refractivity contribution >= 4 is 11.8 Å². The Morgan fingerprint density at radius 3 is 2.50 bits per heavy atom. The lowest BCUT2D eigenvalue weighted by atomic mass is 9.85. The third-order valence-electron chi connectivity index (χ3n) is 5.50. The van der Waals surface area contributed by atoms with Crippen LogP contribution in [-0.4, -0.2) is 34.5 Å². The maximum absolute atomic E-state index is 13.5. The lowest BCUT2D eigenvalue weighted by molar-refractivity contribution is -0.130. The Labute approximate surface area is 186 Å². The van der Waals surface area contributed by atoms with Crippen molar-refractivity contribution in [2.24, 2.45) is 5.41 Å². The van der Waals surface area contributed by atoms with Gasteiger partial charge in [0.05, 0.1) is 6.04 Å². The van der Waals surface area contributed by atoms with E-state index < -0.39 is 6.04 Å². The Morgan fingerprint density at radius 2 is 1.84 bits per heavy atom. The smallest absolute Gasteiger partial charge is 0.276 e. The van der Waals surface area contributed by atoms with Gasteiger partial charge in [0.2, 0.25) is 5.91 Å². The molecule has 1 unspecified atom stereocenters. The summed E-state index contributed by atoms with van der Waals surface area (Å²) in [6, 6.07) is 15.9. The zero-order chi connectivity index (χ0) is 22.9. The number of hydrogen-bond acceptors (Lipinski definition) is 4. The van der Waals surface area contributed by atoms with Crippen molar-refractivity contribution in [3.8, 4) is 11.3 Å². The predicted molar refractivity (Wildman–Crippen MR) is 118 cm³/mol. The van der Waals surface area contributed by atoms with Crippen molar-refractivity contribution in [3.05, 3.63) is 77.7 Å². The maximum Gasteiger partial charge on any atom is 0.276 e. The summed E-state index contributed by atoms with van der Waals surface area (Å²) >= 11 is 0. The molecule has 2 aromatic carbocycles. The van der Waals surface area contributed by atoms with E-state index in [1.54, 1.807) is 17.0 Å². The molecule has 0 radical (unpaired) electrons. The second-order valence-corrected chi connectivity index (χ2v) is 9.29. The Hall–Kier alpha value is -3.48. The fraction of sp³-hybridized carbons (Fsp3) is 0.320. The molecule has 0 aliphatic carbocycles. The molecule has 2 atom stereocenters. The normalized spacial score (nSPS) is 19.0. The lowest BCUT2D eigenvalue weighted by Crippen LogP contribution is -2.59. The van der Waals surface area contributed by atoms with E-state index in [1.807, 2.05) is 51.1 Å². The first-order valence-electron chi connectivity index (χ1n) is 10.6. The van der Waals surface area contributed by atoms with Crippen molar-refractivity contribution in [2.75, 3.05) is 6.54 Å². The highest BCUT2D eigenvalue weighted by Crippen LogP contribution is 2.30. The lowest BCUT2D eigenvalue weighted by Gasteiger charge is -2.41. The van der Waals surface area contributed by atoms with Gasteiger partial charge in [-0.1, -0.05) is 56.3 Å². The molecule has 0 saturated carbocycles. The molecule has 2 amide bonds. The standard InChI is InChI=1S/C25H26FN3O3/c1-25(2,3)14-21-23(30)27-20(16-7-5-4-6-8-16)15-29(21)24(31)19-13-22(32-28-19)17-9-11-18(26)12-10-17/h4-13,20-21H,14-15H2,1-3H3,(H,27,30)/t20-,21?/m1/s1. The van der Waals surface area contributed by atoms with Crippen LogP contribution in [0.1, 0.15) is 49.3 Å². The third kappa shape index (κ3) is 4.72. The number of amides is 2. The molecule has 1 aliphatic heterocycles. The summed E-state index contributed by atoms with van der Waals surface area (Å²) in [4.78, 5) is 28.1. The van der Waals surface area contributed by atoms with Crippen LogP contribution >= 0.6 is 0 Å². The quantitative estimate of drug-likeness (QED) is 0.650. The third-order valence-corrected chi connectivity index (χ3v) is 5.50. The second-order valence-electron chi connectivity index (χ2n) is 9.29. The van der Waals surface area contributed by atoms with E-state index in [9.17, 15) is 14.0 Å². The number of carbonyl (C=O) groups excluding carboxylic acids is 2. The predicted octanol–water partition coefficient (Wildman–Crippen LogP) is 4.60. The molecule has 166 valence electrons. The van der Waals surface area contributed by atoms with E-state index in [4.69, 9.17) is 4.52 Å². The van der Waals surface area contributed by atoms with Crippen molar-refractivity contribution in [1.29, 1.82) is 0 Å². The van der Waals surface area contributed by atoms with E-state index in [0.29, 0.717) is 24.3 Å². The van der Waals surface area contributed by atoms with Crippen LogP contribution in [0.15, 0.2) is 65.2 Å². The number of benzene rings is 2. The van der Waals surface area contributed by atoms with E-state index in [1.165, 1.54) is 18.2 Å². The van der Waals surface area contributed by atoms with E-state index in [2.05, 4.69) is 10.5 Å². The monoisotopic (exact) mass is 435 g/mol. The van der Waals surface area contributed by atoms with Crippen LogP contribution in [0.2, 0.25) is 0 Å². The molecule has 1 aliphatic rings. The minimum absolute atomic E-state index is 0.116. The van der Waals surface area contributed by atoms with Crippen molar-refractivity contribution in [1.82, 2.24) is 15.4 Å². The summed E-state index contributed by atoms with van der Waals surface area (Å²) in [6.45, 7) is 6.44. The fourth-order valence-electron chi connectivity index (χ4n) is 3.93. The molecule has 4 rings (SSSR count). The summed E-state index contributed by atoms with van der Waals surface area (Å²) in [5.74, 6) is -0.551. The Morgan fingerprint density at radius 1 is 1.16 bits per heavy atom. The zero-order valence-corrected chi connectivity index (χ0v) is 18.3. The number of piperazine rings is 1. The molecule has 0 spiro atoms. The molecular formula is C25H26FN3O3. The minimum atomic E-state index is -0.617. The van der Waals surface area contributed by atoms with Crippen LogP contribution in [0.3, 0.4) is 0 Å². The molecule has 2 heterocycles. The van der Waals surface area contributed by atoms with Gasteiger partial charge < -0.3 is 14.7 Å². The number of nitrogens with one attached hydrogen (secondary N) is 1. The first kappa shape index (κ1) is 21.7. The second kappa shape index (κ2) is 8.57. The minimum Gasteiger partial charge on any atom is -0.355 e. The molecule has 3 aromatic rings. The van der Waals surface area contributed by atoms with Crippen LogP contribution in [-0.2, 0) is 4.79 Å². The number of hydrogen-bond donors (Lipinski definition) is 1. The van der Waals surface area contributed by atoms with Crippen molar-refractivity contribution < 1.29 is 18.5 Å². The highest BCUT2D eigenvalue weighted by atomic mass is 19.1. The molecule has 6 nitrogen and oxygen atoms in total. The Bertz CT molecular complexity index is 1100. The first-order chi connectivity index (χ1) is 15.2. The van der Waals surface area contributed by atoms with Gasteiger partial charge >= 0.3 is 0 Å². The average Bonchev–Trinajstić information content (AvgIpc) is 3.25. The van der Waals surface area contributed by atoms with Crippen LogP contribution in [0.5, 0.6) is 0 Å². The zero-order valence-electron chi connectivity index (χ0n) is 18.3. The van der Waals surface area contributed by atoms with Crippen LogP contribution < -0.4 is 5.32 Å². The molecular weight excluding hydrogens is 409 g/mol. The van der Waals surface area contributed by atoms with Gasteiger partial charge in [-0.2, -0.15) is 0 Å². The fourth-order valence-corrected chi connectivity index (χ4v) is 3.93. The molecule has 0 bridgehead atoms. The highest BCUT2D eigenvalue weighted by molar-refractivity contribution is 5.97. The van der Waals surface area contributed by atoms with Gasteiger partial charge in [0.15, 0.2) is 11.5 Å². The molecule has 1 N–H and O–H groups in total. The van der Waals surface area contributed by atoms with Crippen molar-refractivity contribution in [3.63, 3.8) is 0 Å². The highest BCUT2D eigenvalue weighted by Gasteiger charge is 2.40. The van der Waals surface area contributed by atoms with E-state index >= 15 is 0 Å². The first-order valence-corrected chi connectivity index (χ1v) is 10.6. The van der Waals surface area contributed by atoms with Gasteiger partial charge in [-0.05, 0) is 41.7 Å². The topological polar surface area (TPSA) is 75.4 Å². The van der Waals surface area contributed by atoms with Gasteiger partial charge in [-0.3, -0.25) is 9.59 Å². The summed E-state index contributed by atoms with van der Waals surface area (Å²) in [7, 11) is 0. The maximum atomic E-state index is 13.5. The molecule has 1 aromatic heterocycles. The van der Waals surface area contributed by atoms with Gasteiger partial charge in [-0.25, -0.2) is 4.39 Å². The molecule has 1 fully saturated rings. The number of nitrogens with zero attached hydrogens (tertiary/aromatic N) is 2. The largest absolute Gasteiger partial charge is 0.355 e. The number of rotatable bonds is 4. The Balaban J connectivity index is 1.64. The SMILES string of the molecule is CC(C)(C)CC1C(=O)N[C@@H](c2ccccc2)CN1C(=O)c1cc(-c2ccc(F)cc2)on1. The van der Waals surface area contributed by atoms with Crippen LogP contribution in [0, 0.1) is 11.2 Å². The van der Waals surface area contributed by atoms with E-state index in [-0.39, 0.29) is 34.8 Å². The summed E-state index contributed by atoms with van der Waals surface area (Å²) in [5.41, 5.74) is 1.50. The van der Waals surface area contributed by atoms with Crippen molar-refractivity contribution in [2.45, 2.75) is 39.3 Å². The summed E-state index contributed by atoms with van der Waals surface area (Å²) < 4.78 is 18.6. The van der Waals surface area contributed by atoms with E-state index in [0.717, 1.165) is 5.56 Å². The van der Waals surface area contributed by atoms with Gasteiger partial charge in [0.1, 0.15) is 11.9 Å². The van der Waals surface area contributed by atoms with Gasteiger partial charge in [-0.15, -0.1) is 0 Å². The van der Waals surface area contributed by atoms with Crippen LogP contribution in [0.4, 0.5) is 4.39 Å². The average molecular weight is 435 g/mol. The van der Waals surface area contributed by atoms with Crippen LogP contribution in [0.25, 0.3) is 11.3 Å². The molecule has 7 heteroatoms.